The van der Waals surface area contributed by atoms with Gasteiger partial charge in [0.25, 0.3) is 0 Å². The number of hydrogen-bond donors (Lipinski definition) is 1. The molecule has 2 fully saturated rings. The summed E-state index contributed by atoms with van der Waals surface area (Å²) in [6.07, 6.45) is 4.10. The summed E-state index contributed by atoms with van der Waals surface area (Å²) in [5.41, 5.74) is 0.389. The predicted octanol–water partition coefficient (Wildman–Crippen LogP) is 4.48. The molecule has 2 aliphatic heterocycles. The molecule has 1 aromatic carbocycles. The smallest absolute Gasteiger partial charge is 0.225 e. The number of carbonyl (C=O) groups excluding carboxylic acids is 1. The van der Waals surface area contributed by atoms with Crippen molar-refractivity contribution in [3.05, 3.63) is 34.0 Å². The molecule has 30 heavy (non-hydrogen) atoms. The Labute approximate surface area is 185 Å². The van der Waals surface area contributed by atoms with Crippen molar-refractivity contribution >= 4 is 40.3 Å². The number of para-hydroxylation sites is 1. The lowest BCUT2D eigenvalue weighted by Crippen LogP contribution is -2.46. The molecule has 2 aliphatic rings. The Bertz CT molecular complexity index is 937. The van der Waals surface area contributed by atoms with Crippen LogP contribution in [0.2, 0.25) is 0 Å². The SMILES string of the molecule is C[C@H]1CCCN(C(=O)C2CCN(Cn3nc(Nc4ccccc4F)sc3=S)CC2)C1. The average molecular weight is 450 g/mol. The van der Waals surface area contributed by atoms with Crippen LogP contribution < -0.4 is 5.32 Å². The van der Waals surface area contributed by atoms with Gasteiger partial charge in [0.05, 0.1) is 12.4 Å². The Morgan fingerprint density at radius 3 is 2.77 bits per heavy atom. The standard InChI is InChI=1S/C21H28FN5OS2/c1-15-5-4-10-26(13-15)19(28)16-8-11-25(12-9-16)14-27-21(29)30-20(24-27)23-18-7-3-2-6-17(18)22/h2-3,6-7,15-16H,4-5,8-14H2,1H3,(H,23,24)/t15-/m0/s1. The van der Waals surface area contributed by atoms with Gasteiger partial charge in [0, 0.05) is 32.1 Å². The number of aromatic nitrogens is 2. The van der Waals surface area contributed by atoms with Gasteiger partial charge in [-0.3, -0.25) is 9.69 Å². The number of carbonyl (C=O) groups is 1. The molecule has 1 aromatic heterocycles. The maximum absolute atomic E-state index is 13.9. The Hall–Kier alpha value is -1.84. The van der Waals surface area contributed by atoms with Gasteiger partial charge in [-0.25, -0.2) is 9.07 Å². The largest absolute Gasteiger partial charge is 0.342 e. The molecule has 6 nitrogen and oxygen atoms in total. The number of anilines is 2. The minimum Gasteiger partial charge on any atom is -0.342 e. The molecule has 1 atom stereocenters. The zero-order chi connectivity index (χ0) is 21.1. The van der Waals surface area contributed by atoms with Gasteiger partial charge in [-0.15, -0.1) is 5.10 Å². The van der Waals surface area contributed by atoms with E-state index in [9.17, 15) is 9.18 Å². The number of rotatable bonds is 5. The number of piperidine rings is 2. The molecule has 1 N–H and O–H groups in total. The van der Waals surface area contributed by atoms with Gasteiger partial charge in [0.1, 0.15) is 5.82 Å². The highest BCUT2D eigenvalue weighted by Crippen LogP contribution is 2.25. The first-order chi connectivity index (χ1) is 14.5. The third-order valence-electron chi connectivity index (χ3n) is 5.96. The van der Waals surface area contributed by atoms with Gasteiger partial charge in [-0.2, -0.15) is 0 Å². The summed E-state index contributed by atoms with van der Waals surface area (Å²) in [7, 11) is 0. The maximum Gasteiger partial charge on any atom is 0.225 e. The molecule has 162 valence electrons. The lowest BCUT2D eigenvalue weighted by molar-refractivity contribution is -0.139. The monoisotopic (exact) mass is 449 g/mol. The first-order valence-electron chi connectivity index (χ1n) is 10.6. The molecule has 2 saturated heterocycles. The fourth-order valence-corrected chi connectivity index (χ4v) is 5.29. The zero-order valence-electron chi connectivity index (χ0n) is 17.2. The van der Waals surface area contributed by atoms with E-state index in [1.807, 2.05) is 0 Å². The van der Waals surface area contributed by atoms with Crippen LogP contribution in [0.1, 0.15) is 32.6 Å². The third-order valence-corrected chi connectivity index (χ3v) is 7.18. The van der Waals surface area contributed by atoms with Crippen molar-refractivity contribution in [2.75, 3.05) is 31.5 Å². The van der Waals surface area contributed by atoms with Crippen LogP contribution in [-0.4, -0.2) is 51.7 Å². The van der Waals surface area contributed by atoms with E-state index in [0.29, 0.717) is 33.3 Å². The van der Waals surface area contributed by atoms with Crippen LogP contribution in [0.25, 0.3) is 0 Å². The lowest BCUT2D eigenvalue weighted by atomic mass is 9.93. The summed E-state index contributed by atoms with van der Waals surface area (Å²) in [5.74, 6) is 0.762. The number of nitrogens with one attached hydrogen (secondary N) is 1. The van der Waals surface area contributed by atoms with Gasteiger partial charge < -0.3 is 10.2 Å². The van der Waals surface area contributed by atoms with Crippen molar-refractivity contribution in [3.8, 4) is 0 Å². The van der Waals surface area contributed by atoms with Crippen LogP contribution >= 0.6 is 23.6 Å². The quantitative estimate of drug-likeness (QED) is 0.682. The van der Waals surface area contributed by atoms with E-state index in [0.717, 1.165) is 45.4 Å². The molecule has 9 heteroatoms. The normalized spacial score (nSPS) is 21.0. The molecule has 0 bridgehead atoms. The number of hydrogen-bond acceptors (Lipinski definition) is 6. The van der Waals surface area contributed by atoms with E-state index >= 15 is 0 Å². The summed E-state index contributed by atoms with van der Waals surface area (Å²) >= 11 is 6.78. The minimum absolute atomic E-state index is 0.133. The van der Waals surface area contributed by atoms with Crippen molar-refractivity contribution in [2.24, 2.45) is 11.8 Å². The van der Waals surface area contributed by atoms with E-state index in [4.69, 9.17) is 12.2 Å². The molecular weight excluding hydrogens is 421 g/mol. The van der Waals surface area contributed by atoms with Crippen LogP contribution in [0.4, 0.5) is 15.2 Å². The second-order valence-electron chi connectivity index (χ2n) is 8.34. The van der Waals surface area contributed by atoms with Gasteiger partial charge in [0.2, 0.25) is 11.0 Å². The van der Waals surface area contributed by atoms with E-state index < -0.39 is 0 Å². The number of halogens is 1. The molecule has 0 radical (unpaired) electrons. The van der Waals surface area contributed by atoms with E-state index in [2.05, 4.69) is 27.1 Å². The highest BCUT2D eigenvalue weighted by Gasteiger charge is 2.30. The molecular formula is C21H28FN5OS2. The highest BCUT2D eigenvalue weighted by atomic mass is 32.1. The molecule has 0 spiro atoms. The number of likely N-dealkylation sites (tertiary alicyclic amines) is 2. The summed E-state index contributed by atoms with van der Waals surface area (Å²) in [6, 6.07) is 6.52. The van der Waals surface area contributed by atoms with Crippen LogP contribution in [-0.2, 0) is 11.5 Å². The molecule has 2 aromatic rings. The summed E-state index contributed by atoms with van der Waals surface area (Å²) < 4.78 is 16.3. The number of amides is 1. The first-order valence-corrected chi connectivity index (χ1v) is 11.8. The number of nitrogens with zero attached hydrogens (tertiary/aromatic N) is 4. The first kappa shape index (κ1) is 21.4. The minimum atomic E-state index is -0.319. The molecule has 4 rings (SSSR count). The lowest BCUT2D eigenvalue weighted by Gasteiger charge is -2.37. The molecule has 0 unspecified atom stereocenters. The Balaban J connectivity index is 1.31. The van der Waals surface area contributed by atoms with E-state index in [1.165, 1.54) is 23.8 Å². The van der Waals surface area contributed by atoms with Gasteiger partial charge in [-0.1, -0.05) is 30.4 Å². The molecule has 3 heterocycles. The van der Waals surface area contributed by atoms with Crippen LogP contribution in [0.15, 0.2) is 24.3 Å². The van der Waals surface area contributed by atoms with Crippen molar-refractivity contribution < 1.29 is 9.18 Å². The summed E-state index contributed by atoms with van der Waals surface area (Å²) in [4.78, 5) is 17.2. The van der Waals surface area contributed by atoms with Crippen LogP contribution in [0.3, 0.4) is 0 Å². The molecule has 0 saturated carbocycles. The Morgan fingerprint density at radius 1 is 1.27 bits per heavy atom. The van der Waals surface area contributed by atoms with Crippen molar-refractivity contribution in [1.29, 1.82) is 0 Å². The van der Waals surface area contributed by atoms with E-state index in [-0.39, 0.29) is 11.7 Å². The van der Waals surface area contributed by atoms with Gasteiger partial charge in [0.15, 0.2) is 3.95 Å². The highest BCUT2D eigenvalue weighted by molar-refractivity contribution is 7.73. The van der Waals surface area contributed by atoms with Crippen molar-refractivity contribution in [3.63, 3.8) is 0 Å². The predicted molar refractivity (Wildman–Crippen MR) is 120 cm³/mol. The zero-order valence-corrected chi connectivity index (χ0v) is 18.9. The average Bonchev–Trinajstić information content (AvgIpc) is 3.08. The van der Waals surface area contributed by atoms with Crippen LogP contribution in [0.5, 0.6) is 0 Å². The Morgan fingerprint density at radius 2 is 2.03 bits per heavy atom. The van der Waals surface area contributed by atoms with Gasteiger partial charge >= 0.3 is 0 Å². The fraction of sp³-hybridized carbons (Fsp3) is 0.571. The second-order valence-corrected chi connectivity index (χ2v) is 9.97. The summed E-state index contributed by atoms with van der Waals surface area (Å²) in [5, 5.41) is 8.10. The Kier molecular flexibility index (Phi) is 6.80. The van der Waals surface area contributed by atoms with Gasteiger partial charge in [-0.05, 0) is 56.0 Å². The van der Waals surface area contributed by atoms with Crippen molar-refractivity contribution in [1.82, 2.24) is 19.6 Å². The fourth-order valence-electron chi connectivity index (χ4n) is 4.28. The van der Waals surface area contributed by atoms with E-state index in [1.54, 1.807) is 22.9 Å². The number of benzene rings is 1. The maximum atomic E-state index is 13.9. The summed E-state index contributed by atoms with van der Waals surface area (Å²) in [6.45, 7) is 6.36. The second kappa shape index (κ2) is 9.53. The molecule has 0 aliphatic carbocycles. The van der Waals surface area contributed by atoms with Crippen molar-refractivity contribution in [2.45, 2.75) is 39.3 Å². The molecule has 1 amide bonds. The third kappa shape index (κ3) is 5.07. The topological polar surface area (TPSA) is 53.4 Å². The van der Waals surface area contributed by atoms with Crippen LogP contribution in [0, 0.1) is 21.6 Å².